The van der Waals surface area contributed by atoms with Crippen molar-refractivity contribution < 1.29 is 12.9 Å². The Morgan fingerprint density at radius 1 is 1.30 bits per heavy atom. The molecule has 1 aliphatic carbocycles. The maximum Gasteiger partial charge on any atom is 0.221 e. The molecule has 1 aliphatic heterocycles. The van der Waals surface area contributed by atoms with Gasteiger partial charge in [-0.2, -0.15) is 4.31 Å². The minimum absolute atomic E-state index is 0.0585. The molecule has 0 amide bonds. The van der Waals surface area contributed by atoms with Crippen LogP contribution in [0.25, 0.3) is 0 Å². The van der Waals surface area contributed by atoms with E-state index in [1.807, 2.05) is 0 Å². The molecule has 0 radical (unpaired) electrons. The molecule has 3 rings (SSSR count). The Morgan fingerprint density at radius 3 is 2.70 bits per heavy atom. The number of nitrogens with zero attached hydrogens (tertiary/aromatic N) is 2. The Morgan fingerprint density at radius 2 is 2.05 bits per heavy atom. The fraction of sp³-hybridized carbons (Fsp3) is 0.786. The van der Waals surface area contributed by atoms with E-state index >= 15 is 0 Å². The summed E-state index contributed by atoms with van der Waals surface area (Å²) in [5.74, 6) is 0.945. The zero-order valence-corrected chi connectivity index (χ0v) is 12.7. The number of sulfonamides is 1. The van der Waals surface area contributed by atoms with E-state index in [0.29, 0.717) is 18.2 Å². The number of hydrogen-bond donors (Lipinski definition) is 0. The number of aryl methyl sites for hydroxylation is 1. The summed E-state index contributed by atoms with van der Waals surface area (Å²) in [6.07, 6.45) is 6.85. The highest BCUT2D eigenvalue weighted by Gasteiger charge is 2.39. The molecule has 0 spiro atoms. The van der Waals surface area contributed by atoms with Gasteiger partial charge in [0.1, 0.15) is 5.75 Å². The second-order valence-corrected chi connectivity index (χ2v) is 7.98. The Bertz CT molecular complexity index is 561. The fourth-order valence-corrected chi connectivity index (χ4v) is 5.43. The molecule has 1 atom stereocenters. The van der Waals surface area contributed by atoms with Crippen LogP contribution in [0.1, 0.15) is 50.0 Å². The van der Waals surface area contributed by atoms with Gasteiger partial charge in [-0.25, -0.2) is 8.42 Å². The molecule has 1 saturated heterocycles. The van der Waals surface area contributed by atoms with E-state index in [9.17, 15) is 8.42 Å². The highest BCUT2D eigenvalue weighted by molar-refractivity contribution is 7.88. The van der Waals surface area contributed by atoms with Gasteiger partial charge in [-0.3, -0.25) is 0 Å². The van der Waals surface area contributed by atoms with Crippen molar-refractivity contribution in [3.05, 3.63) is 17.5 Å². The van der Waals surface area contributed by atoms with Crippen LogP contribution < -0.4 is 0 Å². The summed E-state index contributed by atoms with van der Waals surface area (Å²) in [5, 5.41) is 3.77. The van der Waals surface area contributed by atoms with Crippen LogP contribution in [0.2, 0.25) is 0 Å². The first kappa shape index (κ1) is 14.1. The van der Waals surface area contributed by atoms with E-state index < -0.39 is 10.0 Å². The molecule has 6 heteroatoms. The first-order chi connectivity index (χ1) is 9.56. The van der Waals surface area contributed by atoms with Crippen molar-refractivity contribution in [1.82, 2.24) is 9.46 Å². The van der Waals surface area contributed by atoms with Crippen molar-refractivity contribution in [3.8, 4) is 0 Å². The average Bonchev–Trinajstić information content (AvgIpc) is 3.06. The van der Waals surface area contributed by atoms with E-state index in [1.165, 1.54) is 25.7 Å². The van der Waals surface area contributed by atoms with Gasteiger partial charge in [-0.1, -0.05) is 18.0 Å². The quantitative estimate of drug-likeness (QED) is 0.856. The lowest BCUT2D eigenvalue weighted by molar-refractivity contribution is 0.286. The normalized spacial score (nSPS) is 25.6. The molecule has 112 valence electrons. The summed E-state index contributed by atoms with van der Waals surface area (Å²) in [5.41, 5.74) is 0.726. The van der Waals surface area contributed by atoms with Crippen molar-refractivity contribution >= 4 is 10.0 Å². The molecular formula is C14H22N2O3S. The number of hydrogen-bond acceptors (Lipinski definition) is 4. The van der Waals surface area contributed by atoms with Gasteiger partial charge in [0.2, 0.25) is 10.0 Å². The van der Waals surface area contributed by atoms with Crippen molar-refractivity contribution in [2.45, 2.75) is 57.2 Å². The third-order valence-electron chi connectivity index (χ3n) is 4.55. The Labute approximate surface area is 120 Å². The minimum Gasteiger partial charge on any atom is -0.360 e. The molecule has 1 unspecified atom stereocenters. The van der Waals surface area contributed by atoms with E-state index in [1.54, 1.807) is 17.3 Å². The average molecular weight is 298 g/mol. The van der Waals surface area contributed by atoms with E-state index in [2.05, 4.69) is 5.16 Å². The lowest BCUT2D eigenvalue weighted by Gasteiger charge is -2.28. The summed E-state index contributed by atoms with van der Waals surface area (Å²) in [7, 11) is -3.29. The molecule has 1 aromatic rings. The van der Waals surface area contributed by atoms with Crippen LogP contribution in [-0.2, 0) is 15.8 Å². The monoisotopic (exact) mass is 298 g/mol. The maximum absolute atomic E-state index is 12.6. The summed E-state index contributed by atoms with van der Waals surface area (Å²) >= 11 is 0. The number of rotatable bonds is 4. The zero-order chi connectivity index (χ0) is 14.2. The van der Waals surface area contributed by atoms with Crippen molar-refractivity contribution in [2.75, 3.05) is 6.54 Å². The van der Waals surface area contributed by atoms with E-state index in [-0.39, 0.29) is 11.8 Å². The highest BCUT2D eigenvalue weighted by Crippen LogP contribution is 2.37. The maximum atomic E-state index is 12.6. The summed E-state index contributed by atoms with van der Waals surface area (Å²) in [6, 6.07) is 1.92. The standard InChI is InChI=1S/C14H22N2O3S/c1-11-9-13(19-15-11)10-20(17,18)16-8-4-7-14(16)12-5-2-3-6-12/h9,12,14H,2-8,10H2,1H3. The minimum atomic E-state index is -3.29. The van der Waals surface area contributed by atoms with Gasteiger partial charge < -0.3 is 4.52 Å². The van der Waals surface area contributed by atoms with Crippen molar-refractivity contribution in [3.63, 3.8) is 0 Å². The molecule has 5 nitrogen and oxygen atoms in total. The Kier molecular flexibility index (Phi) is 3.86. The van der Waals surface area contributed by atoms with Crippen LogP contribution in [0.15, 0.2) is 10.6 Å². The third kappa shape index (κ3) is 2.76. The molecule has 0 N–H and O–H groups in total. The van der Waals surface area contributed by atoms with E-state index in [0.717, 1.165) is 18.5 Å². The topological polar surface area (TPSA) is 63.4 Å². The SMILES string of the molecule is Cc1cc(CS(=O)(=O)N2CCCC2C2CCCC2)on1. The van der Waals surface area contributed by atoms with Crippen LogP contribution in [0.4, 0.5) is 0 Å². The summed E-state index contributed by atoms with van der Waals surface area (Å²) in [4.78, 5) is 0. The second kappa shape index (κ2) is 5.48. The molecule has 0 aromatic carbocycles. The van der Waals surface area contributed by atoms with Crippen LogP contribution in [0, 0.1) is 12.8 Å². The smallest absolute Gasteiger partial charge is 0.221 e. The highest BCUT2D eigenvalue weighted by atomic mass is 32.2. The van der Waals surface area contributed by atoms with Crippen LogP contribution in [0.3, 0.4) is 0 Å². The van der Waals surface area contributed by atoms with E-state index in [4.69, 9.17) is 4.52 Å². The van der Waals surface area contributed by atoms with Gasteiger partial charge in [-0.15, -0.1) is 0 Å². The van der Waals surface area contributed by atoms with Gasteiger partial charge in [0.25, 0.3) is 0 Å². The molecule has 2 aliphatic rings. The lowest BCUT2D eigenvalue weighted by atomic mass is 9.97. The van der Waals surface area contributed by atoms with Crippen molar-refractivity contribution in [2.24, 2.45) is 5.92 Å². The first-order valence-corrected chi connectivity index (χ1v) is 9.09. The van der Waals surface area contributed by atoms with Crippen molar-refractivity contribution in [1.29, 1.82) is 0 Å². The fourth-order valence-electron chi connectivity index (χ4n) is 3.67. The van der Waals surface area contributed by atoms with Gasteiger partial charge in [0, 0.05) is 18.7 Å². The third-order valence-corrected chi connectivity index (χ3v) is 6.37. The summed E-state index contributed by atoms with van der Waals surface area (Å²) in [6.45, 7) is 2.47. The molecule has 2 heterocycles. The van der Waals surface area contributed by atoms with Crippen LogP contribution >= 0.6 is 0 Å². The number of aromatic nitrogens is 1. The molecule has 20 heavy (non-hydrogen) atoms. The van der Waals surface area contributed by atoms with Gasteiger partial charge in [0.15, 0.2) is 5.76 Å². The molecular weight excluding hydrogens is 276 g/mol. The van der Waals surface area contributed by atoms with Gasteiger partial charge in [-0.05, 0) is 38.5 Å². The zero-order valence-electron chi connectivity index (χ0n) is 11.9. The predicted octanol–water partition coefficient (Wildman–Crippen LogP) is 2.47. The Balaban J connectivity index is 1.75. The molecule has 1 aromatic heterocycles. The van der Waals surface area contributed by atoms with Gasteiger partial charge >= 0.3 is 0 Å². The molecule has 0 bridgehead atoms. The lowest BCUT2D eigenvalue weighted by Crippen LogP contribution is -2.39. The second-order valence-electron chi connectivity index (χ2n) is 6.06. The Hall–Kier alpha value is -0.880. The van der Waals surface area contributed by atoms with Crippen LogP contribution in [0.5, 0.6) is 0 Å². The first-order valence-electron chi connectivity index (χ1n) is 7.48. The molecule has 1 saturated carbocycles. The van der Waals surface area contributed by atoms with Crippen LogP contribution in [-0.4, -0.2) is 30.5 Å². The predicted molar refractivity (Wildman–Crippen MR) is 75.5 cm³/mol. The summed E-state index contributed by atoms with van der Waals surface area (Å²) < 4.78 is 32.0. The largest absolute Gasteiger partial charge is 0.360 e. The van der Waals surface area contributed by atoms with Gasteiger partial charge in [0.05, 0.1) is 5.69 Å². The molecule has 2 fully saturated rings.